The quantitative estimate of drug-likeness (QED) is 0.548. The van der Waals surface area contributed by atoms with E-state index in [2.05, 4.69) is 0 Å². The first-order chi connectivity index (χ1) is 5.34. The molecule has 0 bridgehead atoms. The summed E-state index contributed by atoms with van der Waals surface area (Å²) in [5.41, 5.74) is -0.134. The lowest BCUT2D eigenvalue weighted by Crippen LogP contribution is -2.44. The highest BCUT2D eigenvalue weighted by Crippen LogP contribution is 2.29. The highest BCUT2D eigenvalue weighted by atomic mass is 19.2. The second-order valence-corrected chi connectivity index (χ2v) is 4.52. The lowest BCUT2D eigenvalue weighted by Gasteiger charge is -2.35. The van der Waals surface area contributed by atoms with Crippen molar-refractivity contribution in [3.63, 3.8) is 0 Å². The Morgan fingerprint density at radius 1 is 1.25 bits per heavy atom. The molecule has 0 radical (unpaired) electrons. The third-order valence-electron chi connectivity index (χ3n) is 2.53. The van der Waals surface area contributed by atoms with E-state index >= 15 is 0 Å². The fourth-order valence-electron chi connectivity index (χ4n) is 1.81. The highest BCUT2D eigenvalue weighted by molar-refractivity contribution is 4.96. The zero-order valence-corrected chi connectivity index (χ0v) is 8.14. The van der Waals surface area contributed by atoms with Gasteiger partial charge < -0.3 is 0 Å². The van der Waals surface area contributed by atoms with Crippen molar-refractivity contribution in [3.05, 3.63) is 0 Å². The third kappa shape index (κ3) is 1.60. The van der Waals surface area contributed by atoms with E-state index in [0.717, 1.165) is 0 Å². The van der Waals surface area contributed by atoms with Crippen molar-refractivity contribution >= 4 is 0 Å². The molecule has 0 aliphatic carbocycles. The van der Waals surface area contributed by atoms with Crippen LogP contribution in [0.25, 0.3) is 0 Å². The van der Waals surface area contributed by atoms with Crippen molar-refractivity contribution < 1.29 is 8.78 Å². The first-order valence-electron chi connectivity index (χ1n) is 4.39. The lowest BCUT2D eigenvalue weighted by molar-refractivity contribution is 0.107. The van der Waals surface area contributed by atoms with Gasteiger partial charge in [0.2, 0.25) is 0 Å². The molecule has 0 N–H and O–H groups in total. The summed E-state index contributed by atoms with van der Waals surface area (Å²) in [6.07, 6.45) is -2.62. The molecule has 0 aromatic rings. The van der Waals surface area contributed by atoms with Gasteiger partial charge in [0.15, 0.2) is 0 Å². The molecule has 0 spiro atoms. The maximum Gasteiger partial charge on any atom is 0.148 e. The normalized spacial score (nSPS) is 39.0. The maximum atomic E-state index is 13.1. The van der Waals surface area contributed by atoms with Crippen molar-refractivity contribution in [3.8, 4) is 0 Å². The second kappa shape index (κ2) is 2.95. The Hall–Kier alpha value is -0.180. The van der Waals surface area contributed by atoms with E-state index in [-0.39, 0.29) is 18.1 Å². The van der Waals surface area contributed by atoms with E-state index in [1.807, 2.05) is 25.7 Å². The molecule has 0 unspecified atom stereocenters. The van der Waals surface area contributed by atoms with Gasteiger partial charge in [0.05, 0.1) is 0 Å². The molecule has 1 aliphatic rings. The van der Waals surface area contributed by atoms with Gasteiger partial charge in [0.25, 0.3) is 0 Å². The number of rotatable bonds is 0. The molecular weight excluding hydrogens is 160 g/mol. The van der Waals surface area contributed by atoms with Crippen LogP contribution >= 0.6 is 0 Å². The van der Waals surface area contributed by atoms with Crippen molar-refractivity contribution in [1.29, 1.82) is 0 Å². The topological polar surface area (TPSA) is 3.24 Å². The van der Waals surface area contributed by atoms with Crippen LogP contribution in [0, 0.1) is 0 Å². The minimum absolute atomic E-state index is 0.134. The van der Waals surface area contributed by atoms with Crippen molar-refractivity contribution in [2.75, 3.05) is 6.54 Å². The summed E-state index contributed by atoms with van der Waals surface area (Å²) < 4.78 is 26.0. The number of hydrogen-bond acceptors (Lipinski definition) is 1. The van der Waals surface area contributed by atoms with E-state index < -0.39 is 12.3 Å². The molecule has 3 atom stereocenters. The number of likely N-dealkylation sites (tertiary alicyclic amines) is 1. The first-order valence-corrected chi connectivity index (χ1v) is 4.39. The van der Waals surface area contributed by atoms with E-state index in [9.17, 15) is 8.78 Å². The Labute approximate surface area is 72.7 Å². The van der Waals surface area contributed by atoms with Crippen LogP contribution in [0.3, 0.4) is 0 Å². The number of halogens is 2. The molecule has 72 valence electrons. The first kappa shape index (κ1) is 9.90. The Bertz CT molecular complexity index is 164. The van der Waals surface area contributed by atoms with Crippen LogP contribution in [0.4, 0.5) is 8.78 Å². The summed E-state index contributed by atoms with van der Waals surface area (Å²) in [4.78, 5) is 1.88. The smallest absolute Gasteiger partial charge is 0.148 e. The molecule has 0 aromatic carbocycles. The van der Waals surface area contributed by atoms with Crippen molar-refractivity contribution in [1.82, 2.24) is 4.90 Å². The summed E-state index contributed by atoms with van der Waals surface area (Å²) in [5, 5.41) is 0. The van der Waals surface area contributed by atoms with Gasteiger partial charge >= 0.3 is 0 Å². The van der Waals surface area contributed by atoms with E-state index in [0.29, 0.717) is 0 Å². The van der Waals surface area contributed by atoms with Gasteiger partial charge in [-0.25, -0.2) is 8.78 Å². The minimum atomic E-state index is -1.32. The zero-order valence-electron chi connectivity index (χ0n) is 8.14. The third-order valence-corrected chi connectivity index (χ3v) is 2.53. The van der Waals surface area contributed by atoms with Gasteiger partial charge in [-0.05, 0) is 27.7 Å². The molecule has 0 saturated carbocycles. The van der Waals surface area contributed by atoms with E-state index in [1.54, 1.807) is 6.92 Å². The summed E-state index contributed by atoms with van der Waals surface area (Å²) >= 11 is 0. The van der Waals surface area contributed by atoms with Crippen LogP contribution in [0.2, 0.25) is 0 Å². The predicted molar refractivity (Wildman–Crippen MR) is 45.7 cm³/mol. The number of alkyl halides is 2. The largest absolute Gasteiger partial charge is 0.290 e. The number of hydrogen-bond donors (Lipinski definition) is 0. The van der Waals surface area contributed by atoms with Crippen molar-refractivity contribution in [2.45, 2.75) is 51.6 Å². The Morgan fingerprint density at radius 3 is 1.92 bits per heavy atom. The molecule has 3 heteroatoms. The standard InChI is InChI=1S/C9H17F2N/c1-6-8(11)7(10)5-12(6)9(2,3)4/h6-8H,5H2,1-4H3/t6-,7+,8+/m1/s1. The van der Waals surface area contributed by atoms with E-state index in [1.165, 1.54) is 0 Å². The minimum Gasteiger partial charge on any atom is -0.290 e. The Morgan fingerprint density at radius 2 is 1.75 bits per heavy atom. The van der Waals surface area contributed by atoms with Crippen LogP contribution in [-0.4, -0.2) is 35.4 Å². The molecule has 0 aromatic heterocycles. The fourth-order valence-corrected chi connectivity index (χ4v) is 1.81. The second-order valence-electron chi connectivity index (χ2n) is 4.52. The summed E-state index contributed by atoms with van der Waals surface area (Å²) in [6, 6.07) is -0.292. The Kier molecular flexibility index (Phi) is 2.43. The monoisotopic (exact) mass is 177 g/mol. The molecule has 1 fully saturated rings. The van der Waals surface area contributed by atoms with Crippen molar-refractivity contribution in [2.24, 2.45) is 0 Å². The molecule has 1 nitrogen and oxygen atoms in total. The summed E-state index contributed by atoms with van der Waals surface area (Å²) in [7, 11) is 0. The van der Waals surface area contributed by atoms with E-state index in [4.69, 9.17) is 0 Å². The molecule has 1 rings (SSSR count). The van der Waals surface area contributed by atoms with Gasteiger partial charge in [-0.1, -0.05) is 0 Å². The van der Waals surface area contributed by atoms with Gasteiger partial charge in [-0.3, -0.25) is 4.90 Å². The van der Waals surface area contributed by atoms with Gasteiger partial charge in [-0.2, -0.15) is 0 Å². The van der Waals surface area contributed by atoms with Gasteiger partial charge in [0.1, 0.15) is 12.3 Å². The molecular formula is C9H17F2N. The molecule has 1 aliphatic heterocycles. The van der Waals surface area contributed by atoms with Crippen LogP contribution < -0.4 is 0 Å². The average Bonchev–Trinajstić information content (AvgIpc) is 2.15. The summed E-state index contributed by atoms with van der Waals surface area (Å²) in [5.74, 6) is 0. The molecule has 12 heavy (non-hydrogen) atoms. The summed E-state index contributed by atoms with van der Waals surface area (Å²) in [6.45, 7) is 7.91. The zero-order chi connectivity index (χ0) is 9.52. The fraction of sp³-hybridized carbons (Fsp3) is 1.00. The molecule has 0 amide bonds. The maximum absolute atomic E-state index is 13.1. The van der Waals surface area contributed by atoms with Crippen LogP contribution in [0.15, 0.2) is 0 Å². The highest BCUT2D eigenvalue weighted by Gasteiger charge is 2.43. The predicted octanol–water partition coefficient (Wildman–Crippen LogP) is 2.17. The van der Waals surface area contributed by atoms with Crippen LogP contribution in [0.1, 0.15) is 27.7 Å². The molecule has 1 heterocycles. The van der Waals surface area contributed by atoms with Crippen LogP contribution in [-0.2, 0) is 0 Å². The average molecular weight is 177 g/mol. The lowest BCUT2D eigenvalue weighted by atomic mass is 10.1. The van der Waals surface area contributed by atoms with Crippen LogP contribution in [0.5, 0.6) is 0 Å². The van der Waals surface area contributed by atoms with Gasteiger partial charge in [-0.15, -0.1) is 0 Å². The Balaban J connectivity index is 2.71. The van der Waals surface area contributed by atoms with Gasteiger partial charge in [0, 0.05) is 18.1 Å². The number of nitrogens with zero attached hydrogens (tertiary/aromatic N) is 1. The molecule has 1 saturated heterocycles. The SMILES string of the molecule is C[C@@H]1[C@H](F)[C@@H](F)CN1C(C)(C)C.